The van der Waals surface area contributed by atoms with Gasteiger partial charge in [0.1, 0.15) is 5.75 Å². The van der Waals surface area contributed by atoms with E-state index < -0.39 is 0 Å². The van der Waals surface area contributed by atoms with Gasteiger partial charge in [0.2, 0.25) is 0 Å². The van der Waals surface area contributed by atoms with Crippen LogP contribution in [0.25, 0.3) is 10.9 Å². The number of hydrogen-bond acceptors (Lipinski definition) is 2. The quantitative estimate of drug-likeness (QED) is 0.700. The zero-order valence-electron chi connectivity index (χ0n) is 11.9. The van der Waals surface area contributed by atoms with Crippen LogP contribution in [0.2, 0.25) is 0 Å². The number of ether oxygens (including phenoxy) is 1. The van der Waals surface area contributed by atoms with Gasteiger partial charge >= 0.3 is 0 Å². The zero-order valence-corrected chi connectivity index (χ0v) is 11.9. The average Bonchev–Trinajstić information content (AvgIpc) is 2.91. The summed E-state index contributed by atoms with van der Waals surface area (Å²) in [6.07, 6.45) is 2.96. The highest BCUT2D eigenvalue weighted by atomic mass is 16.5. The lowest BCUT2D eigenvalue weighted by Crippen LogP contribution is -2.03. The molecule has 0 aliphatic rings. The number of aliphatic hydroxyl groups is 1. The van der Waals surface area contributed by atoms with Gasteiger partial charge in [0, 0.05) is 29.2 Å². The average molecular weight is 281 g/mol. The van der Waals surface area contributed by atoms with E-state index in [-0.39, 0.29) is 6.61 Å². The molecule has 0 spiro atoms. The molecule has 1 N–H and O–H groups in total. The number of aryl methyl sites for hydroxylation is 1. The van der Waals surface area contributed by atoms with E-state index in [1.54, 1.807) is 0 Å². The third kappa shape index (κ3) is 3.09. The van der Waals surface area contributed by atoms with Crippen molar-refractivity contribution in [2.75, 3.05) is 6.61 Å². The van der Waals surface area contributed by atoms with Crippen molar-refractivity contribution >= 4 is 10.9 Å². The Bertz CT molecular complexity index is 704. The maximum atomic E-state index is 9.43. The Morgan fingerprint density at radius 2 is 1.71 bits per heavy atom. The molecule has 3 rings (SSSR count). The molecular weight excluding hydrogens is 262 g/mol. The highest BCUT2D eigenvalue weighted by Gasteiger charge is 2.06. The maximum absolute atomic E-state index is 9.43. The van der Waals surface area contributed by atoms with Crippen LogP contribution in [0.15, 0.2) is 60.8 Å². The van der Waals surface area contributed by atoms with Crippen LogP contribution in [0.5, 0.6) is 5.75 Å². The van der Waals surface area contributed by atoms with Crippen molar-refractivity contribution in [2.45, 2.75) is 19.6 Å². The van der Waals surface area contributed by atoms with Gasteiger partial charge in [0.05, 0.1) is 13.2 Å². The van der Waals surface area contributed by atoms with E-state index >= 15 is 0 Å². The molecule has 0 atom stereocenters. The predicted molar refractivity (Wildman–Crippen MR) is 84.4 cm³/mol. The normalized spacial score (nSPS) is 10.9. The minimum Gasteiger partial charge on any atom is -0.494 e. The number of nitrogens with zero attached hydrogens (tertiary/aromatic N) is 1. The summed E-state index contributed by atoms with van der Waals surface area (Å²) in [6, 6.07) is 18.0. The van der Waals surface area contributed by atoms with Gasteiger partial charge < -0.3 is 14.4 Å². The summed E-state index contributed by atoms with van der Waals surface area (Å²) in [5.74, 6) is 0.908. The lowest BCUT2D eigenvalue weighted by atomic mass is 10.2. The molecule has 1 heterocycles. The van der Waals surface area contributed by atoms with Crippen molar-refractivity contribution in [1.29, 1.82) is 0 Å². The Kier molecular flexibility index (Phi) is 4.22. The summed E-state index contributed by atoms with van der Waals surface area (Å²) in [4.78, 5) is 0. The summed E-state index contributed by atoms with van der Waals surface area (Å²) < 4.78 is 7.90. The molecule has 0 bridgehead atoms. The number of aliphatic hydroxyl groups excluding tert-OH is 1. The topological polar surface area (TPSA) is 34.4 Å². The number of aromatic nitrogens is 1. The number of hydrogen-bond donors (Lipinski definition) is 1. The van der Waals surface area contributed by atoms with Gasteiger partial charge in [0.25, 0.3) is 0 Å². The summed E-state index contributed by atoms with van der Waals surface area (Å²) in [5, 5.41) is 10.6. The van der Waals surface area contributed by atoms with Gasteiger partial charge in [-0.25, -0.2) is 0 Å². The van der Waals surface area contributed by atoms with E-state index in [2.05, 4.69) is 16.7 Å². The van der Waals surface area contributed by atoms with Crippen molar-refractivity contribution in [3.8, 4) is 5.75 Å². The summed E-state index contributed by atoms with van der Waals surface area (Å²) >= 11 is 0. The Morgan fingerprint density at radius 1 is 0.952 bits per heavy atom. The number of para-hydroxylation sites is 2. The van der Waals surface area contributed by atoms with E-state index in [1.807, 2.05) is 48.7 Å². The molecule has 0 saturated heterocycles. The second kappa shape index (κ2) is 6.46. The molecule has 0 saturated carbocycles. The second-order valence-corrected chi connectivity index (χ2v) is 5.04. The Morgan fingerprint density at radius 3 is 2.52 bits per heavy atom. The highest BCUT2D eigenvalue weighted by Crippen LogP contribution is 2.21. The first-order chi connectivity index (χ1) is 10.4. The fraction of sp³-hybridized carbons (Fsp3) is 0.222. The summed E-state index contributed by atoms with van der Waals surface area (Å²) in [6.45, 7) is 1.65. The molecule has 0 aliphatic carbocycles. The number of fused-ring (bicyclic) bond motifs is 1. The first-order valence-corrected chi connectivity index (χ1v) is 7.24. The second-order valence-electron chi connectivity index (χ2n) is 5.04. The lowest BCUT2D eigenvalue weighted by Gasteiger charge is -2.07. The van der Waals surface area contributed by atoms with Gasteiger partial charge in [-0.15, -0.1) is 0 Å². The fourth-order valence-corrected chi connectivity index (χ4v) is 2.58. The van der Waals surface area contributed by atoms with E-state index in [1.165, 1.54) is 5.52 Å². The monoisotopic (exact) mass is 281 g/mol. The molecule has 0 unspecified atom stereocenters. The fourth-order valence-electron chi connectivity index (χ4n) is 2.58. The first kappa shape index (κ1) is 13.7. The highest BCUT2D eigenvalue weighted by molar-refractivity contribution is 5.83. The smallest absolute Gasteiger partial charge is 0.119 e. The first-order valence-electron chi connectivity index (χ1n) is 7.24. The standard InChI is InChI=1S/C18H19NO2/c20-14-15-13-19(18-10-5-4-9-17(15)18)11-6-12-21-16-7-2-1-3-8-16/h1-5,7-10,13,20H,6,11-12,14H2. The maximum Gasteiger partial charge on any atom is 0.119 e. The Balaban J connectivity index is 1.63. The predicted octanol–water partition coefficient (Wildman–Crippen LogP) is 3.60. The zero-order chi connectivity index (χ0) is 14.5. The van der Waals surface area contributed by atoms with Crippen molar-refractivity contribution in [3.05, 3.63) is 66.4 Å². The molecule has 0 aliphatic heterocycles. The van der Waals surface area contributed by atoms with Crippen LogP contribution < -0.4 is 4.74 Å². The van der Waals surface area contributed by atoms with Crippen molar-refractivity contribution in [3.63, 3.8) is 0 Å². The van der Waals surface area contributed by atoms with Crippen LogP contribution in [-0.2, 0) is 13.2 Å². The van der Waals surface area contributed by atoms with E-state index in [9.17, 15) is 5.11 Å². The van der Waals surface area contributed by atoms with Gasteiger partial charge in [-0.05, 0) is 24.6 Å². The Labute approximate surface area is 124 Å². The van der Waals surface area contributed by atoms with Crippen molar-refractivity contribution in [2.24, 2.45) is 0 Å². The molecule has 3 heteroatoms. The van der Waals surface area contributed by atoms with E-state index in [0.717, 1.165) is 29.7 Å². The number of benzene rings is 2. The molecule has 108 valence electrons. The van der Waals surface area contributed by atoms with Gasteiger partial charge in [-0.1, -0.05) is 36.4 Å². The largest absolute Gasteiger partial charge is 0.494 e. The third-order valence-electron chi connectivity index (χ3n) is 3.60. The molecule has 2 aromatic carbocycles. The van der Waals surface area contributed by atoms with Crippen molar-refractivity contribution in [1.82, 2.24) is 4.57 Å². The molecule has 3 aromatic rings. The minimum atomic E-state index is 0.0774. The molecule has 21 heavy (non-hydrogen) atoms. The SMILES string of the molecule is OCc1cn(CCCOc2ccccc2)c2ccccc12. The van der Waals surface area contributed by atoms with Crippen LogP contribution in [0.1, 0.15) is 12.0 Å². The van der Waals surface area contributed by atoms with Crippen LogP contribution in [0.3, 0.4) is 0 Å². The molecule has 1 aromatic heterocycles. The van der Waals surface area contributed by atoms with Crippen LogP contribution in [0, 0.1) is 0 Å². The lowest BCUT2D eigenvalue weighted by molar-refractivity contribution is 0.282. The Hall–Kier alpha value is -2.26. The minimum absolute atomic E-state index is 0.0774. The van der Waals surface area contributed by atoms with E-state index in [4.69, 9.17) is 4.74 Å². The molecule has 3 nitrogen and oxygen atoms in total. The summed E-state index contributed by atoms with van der Waals surface area (Å²) in [7, 11) is 0. The van der Waals surface area contributed by atoms with Gasteiger partial charge in [0.15, 0.2) is 0 Å². The van der Waals surface area contributed by atoms with Crippen LogP contribution >= 0.6 is 0 Å². The summed E-state index contributed by atoms with van der Waals surface area (Å²) in [5.41, 5.74) is 2.15. The van der Waals surface area contributed by atoms with Crippen LogP contribution in [0.4, 0.5) is 0 Å². The third-order valence-corrected chi connectivity index (χ3v) is 3.60. The van der Waals surface area contributed by atoms with Gasteiger partial charge in [-0.3, -0.25) is 0 Å². The molecule has 0 radical (unpaired) electrons. The molecule has 0 fully saturated rings. The van der Waals surface area contributed by atoms with Crippen LogP contribution in [-0.4, -0.2) is 16.3 Å². The molecule has 0 amide bonds. The van der Waals surface area contributed by atoms with E-state index in [0.29, 0.717) is 6.61 Å². The number of rotatable bonds is 6. The van der Waals surface area contributed by atoms with Crippen molar-refractivity contribution < 1.29 is 9.84 Å². The van der Waals surface area contributed by atoms with Gasteiger partial charge in [-0.2, -0.15) is 0 Å². The molecular formula is C18H19NO2.